The molecule has 15 heteroatoms. The Balaban J connectivity index is 2.31. The van der Waals surface area contributed by atoms with Crippen LogP contribution in [-0.4, -0.2) is 85.6 Å². The molecule has 0 spiro atoms. The highest BCUT2D eigenvalue weighted by Crippen LogP contribution is 2.06. The number of carboxylic acids is 3. The van der Waals surface area contributed by atoms with E-state index in [-0.39, 0.29) is 31.8 Å². The van der Waals surface area contributed by atoms with Gasteiger partial charge in [-0.2, -0.15) is 0 Å². The second kappa shape index (κ2) is 15.1. The van der Waals surface area contributed by atoms with E-state index in [0.717, 1.165) is 0 Å². The van der Waals surface area contributed by atoms with Crippen LogP contribution in [0.2, 0.25) is 0 Å². The summed E-state index contributed by atoms with van der Waals surface area (Å²) >= 11 is 0. The first-order valence-electron chi connectivity index (χ1n) is 10.5. The third-order valence-corrected chi connectivity index (χ3v) is 4.48. The Kier molecular flexibility index (Phi) is 12.6. The number of carboxylic acid groups (broad SMARTS) is 3. The molecule has 2 atom stereocenters. The molecule has 0 aromatic carbocycles. The molecule has 0 aliphatic rings. The van der Waals surface area contributed by atoms with Crippen LogP contribution in [0.4, 0.5) is 9.18 Å². The van der Waals surface area contributed by atoms with E-state index in [4.69, 9.17) is 10.2 Å². The molecule has 0 fully saturated rings. The summed E-state index contributed by atoms with van der Waals surface area (Å²) in [5, 5.41) is 39.1. The van der Waals surface area contributed by atoms with Crippen molar-refractivity contribution in [2.24, 2.45) is 0 Å². The summed E-state index contributed by atoms with van der Waals surface area (Å²) in [4.78, 5) is 56.6. The van der Waals surface area contributed by atoms with Gasteiger partial charge < -0.3 is 30.7 Å². The zero-order chi connectivity index (χ0) is 25.5. The van der Waals surface area contributed by atoms with Gasteiger partial charge in [-0.15, -0.1) is 5.10 Å². The fourth-order valence-corrected chi connectivity index (χ4v) is 2.73. The highest BCUT2D eigenvalue weighted by Gasteiger charge is 2.26. The van der Waals surface area contributed by atoms with Gasteiger partial charge in [-0.1, -0.05) is 5.21 Å². The summed E-state index contributed by atoms with van der Waals surface area (Å²) in [7, 11) is 0. The molecule has 0 radical (unpaired) electrons. The van der Waals surface area contributed by atoms with E-state index in [9.17, 15) is 33.5 Å². The Morgan fingerprint density at radius 3 is 2.41 bits per heavy atom. The van der Waals surface area contributed by atoms with Crippen molar-refractivity contribution in [3.63, 3.8) is 0 Å². The lowest BCUT2D eigenvalue weighted by Crippen LogP contribution is -2.43. The molecule has 5 N–H and O–H groups in total. The van der Waals surface area contributed by atoms with Crippen LogP contribution in [0.25, 0.3) is 0 Å². The van der Waals surface area contributed by atoms with Crippen LogP contribution < -0.4 is 10.6 Å². The zero-order valence-electron chi connectivity index (χ0n) is 18.3. The number of aliphatic carboxylic acids is 3. The second-order valence-corrected chi connectivity index (χ2v) is 7.21. The molecule has 0 bridgehead atoms. The van der Waals surface area contributed by atoms with Gasteiger partial charge in [0, 0.05) is 38.4 Å². The lowest BCUT2D eigenvalue weighted by atomic mass is 10.1. The van der Waals surface area contributed by atoms with E-state index in [1.54, 1.807) is 6.20 Å². The summed E-state index contributed by atoms with van der Waals surface area (Å²) in [6.07, 6.45) is -1.28. The molecule has 1 rings (SSSR count). The highest BCUT2D eigenvalue weighted by molar-refractivity contribution is 5.82. The Morgan fingerprint density at radius 1 is 1.06 bits per heavy atom. The molecule has 1 aromatic rings. The Morgan fingerprint density at radius 2 is 1.79 bits per heavy atom. The van der Waals surface area contributed by atoms with Crippen LogP contribution in [0.3, 0.4) is 0 Å². The molecule has 34 heavy (non-hydrogen) atoms. The molecule has 14 nitrogen and oxygen atoms in total. The highest BCUT2D eigenvalue weighted by atomic mass is 19.1. The molecule has 0 saturated carbocycles. The van der Waals surface area contributed by atoms with E-state index in [2.05, 4.69) is 20.4 Å². The number of carbonyl (C=O) groups excluding carboxylic acids is 2. The third kappa shape index (κ3) is 11.7. The van der Waals surface area contributed by atoms with Crippen molar-refractivity contribution in [3.8, 4) is 0 Å². The maximum absolute atomic E-state index is 12.2. The minimum absolute atomic E-state index is 0.00908. The average molecular weight is 489 g/mol. The van der Waals surface area contributed by atoms with Crippen molar-refractivity contribution in [1.29, 1.82) is 0 Å². The van der Waals surface area contributed by atoms with E-state index in [1.807, 2.05) is 5.32 Å². The predicted octanol–water partition coefficient (Wildman–Crippen LogP) is -0.0359. The van der Waals surface area contributed by atoms with Crippen molar-refractivity contribution in [2.45, 2.75) is 63.6 Å². The molecule has 0 aliphatic carbocycles. The summed E-state index contributed by atoms with van der Waals surface area (Å²) in [5.74, 6) is -4.44. The summed E-state index contributed by atoms with van der Waals surface area (Å²) in [5.41, 5.74) is 0.555. The van der Waals surface area contributed by atoms with Crippen molar-refractivity contribution in [3.05, 3.63) is 11.9 Å². The first kappa shape index (κ1) is 28.3. The molecule has 0 unspecified atom stereocenters. The summed E-state index contributed by atoms with van der Waals surface area (Å²) in [6.45, 7) is -0.215. The largest absolute Gasteiger partial charge is 0.481 e. The van der Waals surface area contributed by atoms with E-state index >= 15 is 0 Å². The fraction of sp³-hybridized carbons (Fsp3) is 0.632. The van der Waals surface area contributed by atoms with Crippen molar-refractivity contribution in [1.82, 2.24) is 25.6 Å². The SMILES string of the molecule is O=C(O)CC[C@H](OC(=O)N[C@@H](CCCCNC(=O)CCc1cn(CCF)nn1)C(=O)O)C(=O)O. The lowest BCUT2D eigenvalue weighted by Gasteiger charge is -2.17. The molecule has 2 amide bonds. The van der Waals surface area contributed by atoms with Crippen LogP contribution in [0.15, 0.2) is 6.20 Å². The van der Waals surface area contributed by atoms with E-state index in [0.29, 0.717) is 25.0 Å². The number of alkyl carbamates (subject to hydrolysis) is 1. The number of ether oxygens (including phenoxy) is 1. The van der Waals surface area contributed by atoms with Gasteiger partial charge in [0.15, 0.2) is 0 Å². The second-order valence-electron chi connectivity index (χ2n) is 7.21. The maximum Gasteiger partial charge on any atom is 0.408 e. The van der Waals surface area contributed by atoms with Gasteiger partial charge in [0.05, 0.1) is 12.2 Å². The molecule has 0 aliphatic heterocycles. The number of aromatic nitrogens is 3. The number of nitrogens with one attached hydrogen (secondary N) is 2. The standard InChI is InChI=1S/C19H28FN5O9/c20-8-10-25-11-12(23-24-25)4-6-15(26)21-9-2-1-3-13(17(29)30)22-19(33)34-14(18(31)32)5-7-16(27)28/h11,13-14H,1-10H2,(H,21,26)(H,22,33)(H,27,28)(H,29,30)(H,31,32)/t13-,14-/m0/s1. The van der Waals surface area contributed by atoms with Gasteiger partial charge in [-0.05, 0) is 19.3 Å². The Hall–Kier alpha value is -3.78. The van der Waals surface area contributed by atoms with Gasteiger partial charge in [-0.25, -0.2) is 23.5 Å². The van der Waals surface area contributed by atoms with Gasteiger partial charge in [-0.3, -0.25) is 9.59 Å². The zero-order valence-corrected chi connectivity index (χ0v) is 18.3. The number of hydrogen-bond acceptors (Lipinski definition) is 8. The van der Waals surface area contributed by atoms with Crippen molar-refractivity contribution in [2.75, 3.05) is 13.2 Å². The monoisotopic (exact) mass is 489 g/mol. The number of alkyl halides is 1. The number of aryl methyl sites for hydroxylation is 2. The molecule has 1 heterocycles. The van der Waals surface area contributed by atoms with Crippen molar-refractivity contribution >= 4 is 29.9 Å². The number of amides is 2. The van der Waals surface area contributed by atoms with Crippen LogP contribution in [0, 0.1) is 0 Å². The van der Waals surface area contributed by atoms with Crippen LogP contribution in [-0.2, 0) is 36.9 Å². The summed E-state index contributed by atoms with van der Waals surface area (Å²) in [6, 6.07) is -1.36. The third-order valence-electron chi connectivity index (χ3n) is 4.48. The summed E-state index contributed by atoms with van der Waals surface area (Å²) < 4.78 is 18.2. The van der Waals surface area contributed by atoms with Crippen LogP contribution in [0.5, 0.6) is 0 Å². The van der Waals surface area contributed by atoms with Crippen LogP contribution in [0.1, 0.15) is 44.2 Å². The van der Waals surface area contributed by atoms with Crippen LogP contribution >= 0.6 is 0 Å². The quantitative estimate of drug-likeness (QED) is 0.183. The average Bonchev–Trinajstić information content (AvgIpc) is 3.21. The van der Waals surface area contributed by atoms with E-state index < -0.39 is 55.7 Å². The lowest BCUT2D eigenvalue weighted by molar-refractivity contribution is -0.148. The molecular weight excluding hydrogens is 461 g/mol. The number of unbranched alkanes of at least 4 members (excludes halogenated alkanes) is 1. The first-order valence-corrected chi connectivity index (χ1v) is 10.5. The van der Waals surface area contributed by atoms with E-state index in [1.165, 1.54) is 4.68 Å². The van der Waals surface area contributed by atoms with Gasteiger partial charge in [0.1, 0.15) is 12.7 Å². The molecular formula is C19H28FN5O9. The molecule has 190 valence electrons. The Bertz CT molecular complexity index is 848. The van der Waals surface area contributed by atoms with Gasteiger partial charge >= 0.3 is 24.0 Å². The number of rotatable bonds is 17. The fourth-order valence-electron chi connectivity index (χ4n) is 2.73. The number of nitrogens with zero attached hydrogens (tertiary/aromatic N) is 3. The number of hydrogen-bond donors (Lipinski definition) is 5. The molecule has 0 saturated heterocycles. The maximum atomic E-state index is 12.2. The van der Waals surface area contributed by atoms with Crippen molar-refractivity contribution < 1.29 is 48.4 Å². The Labute approximate surface area is 193 Å². The van der Waals surface area contributed by atoms with Gasteiger partial charge in [0.25, 0.3) is 0 Å². The first-order chi connectivity index (χ1) is 16.1. The van der Waals surface area contributed by atoms with Gasteiger partial charge in [0.2, 0.25) is 12.0 Å². The predicted molar refractivity (Wildman–Crippen MR) is 111 cm³/mol. The normalized spacial score (nSPS) is 12.4. The molecule has 1 aromatic heterocycles. The topological polar surface area (TPSA) is 210 Å². The number of halogens is 1. The minimum atomic E-state index is -1.73. The smallest absolute Gasteiger partial charge is 0.408 e. The number of carbonyl (C=O) groups is 5. The minimum Gasteiger partial charge on any atom is -0.481 e.